The molecule has 0 bridgehead atoms. The predicted molar refractivity (Wildman–Crippen MR) is 69.7 cm³/mol. The smallest absolute Gasteiger partial charge is 0.287 e. The molecule has 0 spiro atoms. The Morgan fingerprint density at radius 3 is 2.95 bits per heavy atom. The monoisotopic (exact) mass is 258 g/mol. The van der Waals surface area contributed by atoms with Gasteiger partial charge in [-0.3, -0.25) is 9.59 Å². The molecule has 5 heteroatoms. The van der Waals surface area contributed by atoms with Crippen molar-refractivity contribution in [3.05, 3.63) is 36.1 Å². The second kappa shape index (κ2) is 4.76. The van der Waals surface area contributed by atoms with Crippen molar-refractivity contribution in [1.82, 2.24) is 10.6 Å². The van der Waals surface area contributed by atoms with Gasteiger partial charge in [-0.05, 0) is 18.6 Å². The van der Waals surface area contributed by atoms with Crippen molar-refractivity contribution in [2.45, 2.75) is 18.9 Å². The summed E-state index contributed by atoms with van der Waals surface area (Å²) in [4.78, 5) is 23.1. The molecule has 1 atom stereocenters. The summed E-state index contributed by atoms with van der Waals surface area (Å²) in [5, 5.41) is 6.51. The molecule has 1 aromatic heterocycles. The van der Waals surface area contributed by atoms with Crippen molar-refractivity contribution in [2.75, 3.05) is 6.54 Å². The second-order valence-electron chi connectivity index (χ2n) is 4.66. The van der Waals surface area contributed by atoms with E-state index in [0.717, 1.165) is 5.39 Å². The Kier molecular flexibility index (Phi) is 2.95. The van der Waals surface area contributed by atoms with Crippen LogP contribution >= 0.6 is 0 Å². The van der Waals surface area contributed by atoms with Gasteiger partial charge in [-0.2, -0.15) is 0 Å². The first-order valence-corrected chi connectivity index (χ1v) is 6.28. The zero-order chi connectivity index (χ0) is 13.2. The van der Waals surface area contributed by atoms with Crippen LogP contribution in [0.1, 0.15) is 23.4 Å². The number of fused-ring (bicyclic) bond motifs is 1. The average Bonchev–Trinajstić information content (AvgIpc) is 2.85. The Morgan fingerprint density at radius 2 is 2.21 bits per heavy atom. The molecular formula is C14H14N2O3. The molecule has 1 fully saturated rings. The zero-order valence-electron chi connectivity index (χ0n) is 10.3. The number of rotatable bonds is 2. The van der Waals surface area contributed by atoms with E-state index in [1.807, 2.05) is 24.3 Å². The third kappa shape index (κ3) is 2.45. The van der Waals surface area contributed by atoms with Crippen molar-refractivity contribution in [2.24, 2.45) is 0 Å². The van der Waals surface area contributed by atoms with E-state index in [4.69, 9.17) is 4.42 Å². The minimum absolute atomic E-state index is 0.0292. The van der Waals surface area contributed by atoms with Crippen molar-refractivity contribution < 1.29 is 14.0 Å². The number of carbonyl (C=O) groups is 2. The first kappa shape index (κ1) is 11.8. The number of para-hydroxylation sites is 1. The number of nitrogens with one attached hydrogen (secondary N) is 2. The van der Waals surface area contributed by atoms with Crippen molar-refractivity contribution in [3.63, 3.8) is 0 Å². The molecule has 98 valence electrons. The minimum Gasteiger partial charge on any atom is -0.451 e. The summed E-state index contributed by atoms with van der Waals surface area (Å²) >= 11 is 0. The molecule has 0 saturated carbocycles. The van der Waals surface area contributed by atoms with Crippen LogP contribution in [0.2, 0.25) is 0 Å². The van der Waals surface area contributed by atoms with Gasteiger partial charge in [0, 0.05) is 24.4 Å². The maximum absolute atomic E-state index is 12.0. The second-order valence-corrected chi connectivity index (χ2v) is 4.66. The van der Waals surface area contributed by atoms with Gasteiger partial charge in [0.1, 0.15) is 5.58 Å². The van der Waals surface area contributed by atoms with Gasteiger partial charge in [-0.25, -0.2) is 0 Å². The molecule has 5 nitrogen and oxygen atoms in total. The van der Waals surface area contributed by atoms with Crippen LogP contribution in [0.25, 0.3) is 11.0 Å². The number of piperidine rings is 1. The summed E-state index contributed by atoms with van der Waals surface area (Å²) in [6.45, 7) is 0.477. The Hall–Kier alpha value is -2.30. The van der Waals surface area contributed by atoms with Crippen LogP contribution in [-0.2, 0) is 4.79 Å². The lowest BCUT2D eigenvalue weighted by Crippen LogP contribution is -2.47. The quantitative estimate of drug-likeness (QED) is 0.856. The molecule has 2 N–H and O–H groups in total. The van der Waals surface area contributed by atoms with Gasteiger partial charge in [-0.1, -0.05) is 18.2 Å². The van der Waals surface area contributed by atoms with E-state index in [-0.39, 0.29) is 17.9 Å². The molecule has 1 aliphatic rings. The largest absolute Gasteiger partial charge is 0.451 e. The third-order valence-corrected chi connectivity index (χ3v) is 3.25. The van der Waals surface area contributed by atoms with Crippen LogP contribution in [0, 0.1) is 0 Å². The van der Waals surface area contributed by atoms with Crippen LogP contribution in [0.3, 0.4) is 0 Å². The number of hydrogen-bond donors (Lipinski definition) is 2. The molecule has 1 aromatic carbocycles. The fourth-order valence-electron chi connectivity index (χ4n) is 2.21. The minimum atomic E-state index is -0.239. The van der Waals surface area contributed by atoms with Crippen LogP contribution in [0.5, 0.6) is 0 Å². The molecule has 1 unspecified atom stereocenters. The lowest BCUT2D eigenvalue weighted by atomic mass is 10.1. The highest BCUT2D eigenvalue weighted by Gasteiger charge is 2.21. The van der Waals surface area contributed by atoms with Gasteiger partial charge in [0.25, 0.3) is 5.91 Å². The molecule has 3 rings (SSSR count). The van der Waals surface area contributed by atoms with Gasteiger partial charge in [0.15, 0.2) is 5.76 Å². The first-order chi connectivity index (χ1) is 9.22. The molecule has 1 aliphatic heterocycles. The average molecular weight is 258 g/mol. The van der Waals surface area contributed by atoms with E-state index in [0.29, 0.717) is 30.7 Å². The topological polar surface area (TPSA) is 71.3 Å². The Bertz CT molecular complexity index is 589. The highest BCUT2D eigenvalue weighted by atomic mass is 16.3. The molecule has 0 aliphatic carbocycles. The summed E-state index contributed by atoms with van der Waals surface area (Å²) in [7, 11) is 0. The van der Waals surface area contributed by atoms with Gasteiger partial charge < -0.3 is 15.1 Å². The molecule has 2 heterocycles. The summed E-state index contributed by atoms with van der Waals surface area (Å²) in [5.41, 5.74) is 0.699. The fourth-order valence-corrected chi connectivity index (χ4v) is 2.21. The van der Waals surface area contributed by atoms with Crippen LogP contribution < -0.4 is 10.6 Å². The lowest BCUT2D eigenvalue weighted by molar-refractivity contribution is -0.122. The fraction of sp³-hybridized carbons (Fsp3) is 0.286. The SMILES string of the molecule is O=C1CCC(NC(=O)c2cc3ccccc3o2)CN1. The first-order valence-electron chi connectivity index (χ1n) is 6.28. The zero-order valence-corrected chi connectivity index (χ0v) is 10.3. The molecule has 0 radical (unpaired) electrons. The number of furan rings is 1. The summed E-state index contributed by atoms with van der Waals surface area (Å²) < 4.78 is 5.49. The highest BCUT2D eigenvalue weighted by molar-refractivity contribution is 5.96. The summed E-state index contributed by atoms with van der Waals surface area (Å²) in [6.07, 6.45) is 1.11. The molecule has 2 amide bonds. The van der Waals surface area contributed by atoms with Crippen molar-refractivity contribution in [3.8, 4) is 0 Å². The third-order valence-electron chi connectivity index (χ3n) is 3.25. The van der Waals surface area contributed by atoms with Crippen molar-refractivity contribution >= 4 is 22.8 Å². The van der Waals surface area contributed by atoms with Crippen LogP contribution in [-0.4, -0.2) is 24.4 Å². The predicted octanol–water partition coefficient (Wildman–Crippen LogP) is 1.44. The van der Waals surface area contributed by atoms with Crippen LogP contribution in [0.4, 0.5) is 0 Å². The normalized spacial score (nSPS) is 19.2. The number of hydrogen-bond acceptors (Lipinski definition) is 3. The summed E-state index contributed by atoms with van der Waals surface area (Å²) in [5.74, 6) is 0.102. The molecular weight excluding hydrogens is 244 g/mol. The molecule has 2 aromatic rings. The number of amides is 2. The van der Waals surface area contributed by atoms with Crippen molar-refractivity contribution in [1.29, 1.82) is 0 Å². The van der Waals surface area contributed by atoms with Gasteiger partial charge in [0.05, 0.1) is 0 Å². The van der Waals surface area contributed by atoms with E-state index in [2.05, 4.69) is 10.6 Å². The Morgan fingerprint density at radius 1 is 1.37 bits per heavy atom. The van der Waals surface area contributed by atoms with Gasteiger partial charge in [0.2, 0.25) is 5.91 Å². The Labute approximate surface area is 110 Å². The number of benzene rings is 1. The number of carbonyl (C=O) groups excluding carboxylic acids is 2. The Balaban J connectivity index is 1.71. The standard InChI is InChI=1S/C14H14N2O3/c17-13-6-5-10(8-15-13)16-14(18)12-7-9-3-1-2-4-11(9)19-12/h1-4,7,10H,5-6,8H2,(H,15,17)(H,16,18). The highest BCUT2D eigenvalue weighted by Crippen LogP contribution is 2.18. The lowest BCUT2D eigenvalue weighted by Gasteiger charge is -2.22. The van der Waals surface area contributed by atoms with E-state index in [1.54, 1.807) is 6.07 Å². The maximum Gasteiger partial charge on any atom is 0.287 e. The van der Waals surface area contributed by atoms with E-state index in [9.17, 15) is 9.59 Å². The van der Waals surface area contributed by atoms with E-state index >= 15 is 0 Å². The van der Waals surface area contributed by atoms with E-state index in [1.165, 1.54) is 0 Å². The van der Waals surface area contributed by atoms with Gasteiger partial charge >= 0.3 is 0 Å². The molecule has 19 heavy (non-hydrogen) atoms. The maximum atomic E-state index is 12.0. The van der Waals surface area contributed by atoms with Gasteiger partial charge in [-0.15, -0.1) is 0 Å². The molecule has 1 saturated heterocycles. The van der Waals surface area contributed by atoms with Crippen LogP contribution in [0.15, 0.2) is 34.7 Å². The van der Waals surface area contributed by atoms with E-state index < -0.39 is 0 Å². The summed E-state index contributed by atoms with van der Waals surface area (Å²) in [6, 6.07) is 9.19.